The van der Waals surface area contributed by atoms with Crippen LogP contribution in [0.5, 0.6) is 0 Å². The number of nitrogens with one attached hydrogen (secondary N) is 1. The molecule has 1 amide bonds. The maximum atomic E-state index is 12.2. The van der Waals surface area contributed by atoms with Gasteiger partial charge in [0.25, 0.3) is 0 Å². The summed E-state index contributed by atoms with van der Waals surface area (Å²) in [6, 6.07) is -0.698. The average Bonchev–Trinajstić information content (AvgIpc) is 2.53. The van der Waals surface area contributed by atoms with Gasteiger partial charge in [-0.25, -0.2) is 13.2 Å². The van der Waals surface area contributed by atoms with Crippen molar-refractivity contribution in [1.82, 2.24) is 14.5 Å². The van der Waals surface area contributed by atoms with Crippen molar-refractivity contribution >= 4 is 22.1 Å². The van der Waals surface area contributed by atoms with Gasteiger partial charge in [-0.2, -0.15) is 4.31 Å². The molecule has 1 heterocycles. The number of amides is 1. The predicted molar refractivity (Wildman–Crippen MR) is 97.2 cm³/mol. The molecule has 0 aromatic rings. The van der Waals surface area contributed by atoms with E-state index in [0.29, 0.717) is 26.2 Å². The fraction of sp³-hybridized carbons (Fsp3) is 0.875. The van der Waals surface area contributed by atoms with Crippen molar-refractivity contribution in [3.05, 3.63) is 0 Å². The van der Waals surface area contributed by atoms with E-state index in [-0.39, 0.29) is 6.54 Å². The molecule has 0 bridgehead atoms. The highest BCUT2D eigenvalue weighted by Crippen LogP contribution is 2.15. The summed E-state index contributed by atoms with van der Waals surface area (Å²) in [5.41, 5.74) is -0.637. The molecule has 1 atom stereocenters. The third kappa shape index (κ3) is 6.40. The van der Waals surface area contributed by atoms with Crippen LogP contribution >= 0.6 is 0 Å². The number of carbonyl (C=O) groups is 2. The fourth-order valence-corrected chi connectivity index (χ4v) is 3.83. The SMILES string of the molecule is COC(=O)[C@H](CNC(=O)OC(C)(C)C)N1CCN(S(=O)(=O)C(C)C)CC1. The second-order valence-electron chi connectivity index (χ2n) is 7.45. The summed E-state index contributed by atoms with van der Waals surface area (Å²) in [6.45, 7) is 9.90. The van der Waals surface area contributed by atoms with E-state index in [1.54, 1.807) is 34.6 Å². The molecule has 1 fully saturated rings. The fourth-order valence-electron chi connectivity index (χ4n) is 2.56. The van der Waals surface area contributed by atoms with Gasteiger partial charge < -0.3 is 14.8 Å². The highest BCUT2D eigenvalue weighted by molar-refractivity contribution is 7.89. The van der Waals surface area contributed by atoms with Crippen molar-refractivity contribution < 1.29 is 27.5 Å². The molecule has 152 valence electrons. The number of ether oxygens (including phenoxy) is 2. The van der Waals surface area contributed by atoms with E-state index >= 15 is 0 Å². The lowest BCUT2D eigenvalue weighted by Crippen LogP contribution is -2.57. The van der Waals surface area contributed by atoms with Gasteiger partial charge in [-0.05, 0) is 34.6 Å². The van der Waals surface area contributed by atoms with Gasteiger partial charge in [-0.1, -0.05) is 0 Å². The summed E-state index contributed by atoms with van der Waals surface area (Å²) in [4.78, 5) is 25.7. The largest absolute Gasteiger partial charge is 0.468 e. The Labute approximate surface area is 156 Å². The molecule has 0 unspecified atom stereocenters. The van der Waals surface area contributed by atoms with Gasteiger partial charge >= 0.3 is 12.1 Å². The molecule has 0 aromatic heterocycles. The molecule has 9 nitrogen and oxygen atoms in total. The third-order valence-corrected chi connectivity index (χ3v) is 6.26. The van der Waals surface area contributed by atoms with E-state index in [1.807, 2.05) is 4.90 Å². The lowest BCUT2D eigenvalue weighted by Gasteiger charge is -2.38. The first-order valence-electron chi connectivity index (χ1n) is 8.66. The van der Waals surface area contributed by atoms with Gasteiger partial charge in [-0.15, -0.1) is 0 Å². The summed E-state index contributed by atoms with van der Waals surface area (Å²) in [7, 11) is -2.04. The summed E-state index contributed by atoms with van der Waals surface area (Å²) in [5.74, 6) is -0.485. The normalized spacial score (nSPS) is 18.4. The smallest absolute Gasteiger partial charge is 0.407 e. The lowest BCUT2D eigenvalue weighted by molar-refractivity contribution is -0.147. The minimum atomic E-state index is -3.32. The number of esters is 1. The Morgan fingerprint density at radius 3 is 2.08 bits per heavy atom. The van der Waals surface area contributed by atoms with Crippen molar-refractivity contribution in [2.45, 2.75) is 51.5 Å². The highest BCUT2D eigenvalue weighted by atomic mass is 32.2. The van der Waals surface area contributed by atoms with Crippen LogP contribution < -0.4 is 5.32 Å². The first kappa shape index (κ1) is 22.7. The zero-order valence-corrected chi connectivity index (χ0v) is 17.3. The van der Waals surface area contributed by atoms with Crippen LogP contribution in [-0.2, 0) is 24.3 Å². The van der Waals surface area contributed by atoms with Crippen LogP contribution in [-0.4, -0.2) is 86.4 Å². The molecule has 1 saturated heterocycles. The Kier molecular flexibility index (Phi) is 7.85. The Bertz CT molecular complexity index is 592. The molecule has 26 heavy (non-hydrogen) atoms. The molecule has 1 aliphatic rings. The second kappa shape index (κ2) is 9.01. The number of piperazine rings is 1. The monoisotopic (exact) mass is 393 g/mol. The second-order valence-corrected chi connectivity index (χ2v) is 9.94. The van der Waals surface area contributed by atoms with Gasteiger partial charge in [0.15, 0.2) is 0 Å². The average molecular weight is 394 g/mol. The van der Waals surface area contributed by atoms with E-state index in [0.717, 1.165) is 0 Å². The van der Waals surface area contributed by atoms with E-state index < -0.39 is 39.0 Å². The van der Waals surface area contributed by atoms with Crippen molar-refractivity contribution in [1.29, 1.82) is 0 Å². The molecular weight excluding hydrogens is 362 g/mol. The molecule has 0 aliphatic carbocycles. The van der Waals surface area contributed by atoms with Gasteiger partial charge in [0.05, 0.1) is 12.4 Å². The van der Waals surface area contributed by atoms with Crippen LogP contribution in [0.3, 0.4) is 0 Å². The van der Waals surface area contributed by atoms with E-state index in [1.165, 1.54) is 11.4 Å². The minimum absolute atomic E-state index is 0.0263. The van der Waals surface area contributed by atoms with Crippen LogP contribution in [0.15, 0.2) is 0 Å². The van der Waals surface area contributed by atoms with Crippen molar-refractivity contribution in [3.63, 3.8) is 0 Å². The Hall–Kier alpha value is -1.39. The Morgan fingerprint density at radius 1 is 1.12 bits per heavy atom. The molecule has 0 spiro atoms. The molecule has 0 radical (unpaired) electrons. The van der Waals surface area contributed by atoms with E-state index in [9.17, 15) is 18.0 Å². The van der Waals surface area contributed by atoms with Crippen LogP contribution in [0.2, 0.25) is 0 Å². The van der Waals surface area contributed by atoms with Gasteiger partial charge in [0.2, 0.25) is 10.0 Å². The standard InChI is InChI=1S/C16H31N3O6S/c1-12(2)26(22,23)19-9-7-18(8-10-19)13(14(20)24-6)11-17-15(21)25-16(3,4)5/h12-13H,7-11H2,1-6H3,(H,17,21)/t13-/m0/s1. The van der Waals surface area contributed by atoms with Crippen LogP contribution in [0, 0.1) is 0 Å². The van der Waals surface area contributed by atoms with Gasteiger partial charge in [-0.3, -0.25) is 9.69 Å². The Morgan fingerprint density at radius 2 is 1.65 bits per heavy atom. The first-order valence-corrected chi connectivity index (χ1v) is 10.2. The molecule has 1 aliphatic heterocycles. The maximum Gasteiger partial charge on any atom is 0.407 e. The van der Waals surface area contributed by atoms with Gasteiger partial charge in [0.1, 0.15) is 11.6 Å². The lowest BCUT2D eigenvalue weighted by atomic mass is 10.2. The van der Waals surface area contributed by atoms with Crippen LogP contribution in [0.4, 0.5) is 4.79 Å². The quantitative estimate of drug-likeness (QED) is 0.652. The summed E-state index contributed by atoms with van der Waals surface area (Å²) in [5, 5.41) is 2.09. The van der Waals surface area contributed by atoms with Crippen LogP contribution in [0.1, 0.15) is 34.6 Å². The number of rotatable bonds is 6. The Balaban J connectivity index is 2.69. The molecule has 1 N–H and O–H groups in total. The minimum Gasteiger partial charge on any atom is -0.468 e. The number of sulfonamides is 1. The number of nitrogens with zero attached hydrogens (tertiary/aromatic N) is 2. The van der Waals surface area contributed by atoms with Crippen molar-refractivity contribution in [3.8, 4) is 0 Å². The maximum absolute atomic E-state index is 12.2. The number of alkyl carbamates (subject to hydrolysis) is 1. The molecule has 1 rings (SSSR count). The zero-order chi connectivity index (χ0) is 20.1. The summed E-state index contributed by atoms with van der Waals surface area (Å²) in [6.07, 6.45) is -0.618. The predicted octanol–water partition coefficient (Wildman–Crippen LogP) is 0.409. The van der Waals surface area contributed by atoms with E-state index in [2.05, 4.69) is 5.32 Å². The van der Waals surface area contributed by atoms with Gasteiger partial charge in [0, 0.05) is 32.7 Å². The van der Waals surface area contributed by atoms with E-state index in [4.69, 9.17) is 9.47 Å². The van der Waals surface area contributed by atoms with Crippen LogP contribution in [0.25, 0.3) is 0 Å². The number of hydrogen-bond donors (Lipinski definition) is 1. The first-order chi connectivity index (χ1) is 11.9. The zero-order valence-electron chi connectivity index (χ0n) is 16.4. The molecule has 10 heteroatoms. The third-order valence-electron chi connectivity index (χ3n) is 3.98. The molecule has 0 aromatic carbocycles. The number of hydrogen-bond acceptors (Lipinski definition) is 7. The topological polar surface area (TPSA) is 105 Å². The number of carbonyl (C=O) groups excluding carboxylic acids is 2. The number of methoxy groups -OCH3 is 1. The molecule has 0 saturated carbocycles. The summed E-state index contributed by atoms with van der Waals surface area (Å²) < 4.78 is 35.9. The molecular formula is C16H31N3O6S. The van der Waals surface area contributed by atoms with Crippen molar-refractivity contribution in [2.24, 2.45) is 0 Å². The van der Waals surface area contributed by atoms with Crippen molar-refractivity contribution in [2.75, 3.05) is 39.8 Å². The highest BCUT2D eigenvalue weighted by Gasteiger charge is 2.34. The summed E-state index contributed by atoms with van der Waals surface area (Å²) >= 11 is 0.